The van der Waals surface area contributed by atoms with Gasteiger partial charge in [-0.3, -0.25) is 0 Å². The highest BCUT2D eigenvalue weighted by Crippen LogP contribution is 2.14. The molecule has 0 saturated heterocycles. The van der Waals surface area contributed by atoms with Crippen LogP contribution >= 0.6 is 22.6 Å². The largest absolute Gasteiger partial charge is 0.497 e. The second kappa shape index (κ2) is 5.39. The highest BCUT2D eigenvalue weighted by Gasteiger charge is 2.09. The van der Waals surface area contributed by atoms with Gasteiger partial charge in [-0.15, -0.1) is 0 Å². The lowest BCUT2D eigenvalue weighted by atomic mass is 10.1. The molecule has 0 bridgehead atoms. The van der Waals surface area contributed by atoms with Crippen LogP contribution in [0.2, 0.25) is 0 Å². The molecular weight excluding hydrogens is 301 g/mol. The second-order valence-electron chi connectivity index (χ2n) is 3.60. The summed E-state index contributed by atoms with van der Waals surface area (Å²) in [5.74, 6) is 0. The summed E-state index contributed by atoms with van der Waals surface area (Å²) in [5, 5.41) is 3.39. The number of rotatable bonds is 3. The van der Waals surface area contributed by atoms with Gasteiger partial charge in [-0.2, -0.15) is 0 Å². The summed E-state index contributed by atoms with van der Waals surface area (Å²) in [4.78, 5) is 0. The Bertz CT molecular complexity index is 351. The summed E-state index contributed by atoms with van der Waals surface area (Å²) in [7, 11) is 0. The first-order valence-electron chi connectivity index (χ1n) is 5.14. The van der Waals surface area contributed by atoms with E-state index >= 15 is 0 Å². The van der Waals surface area contributed by atoms with E-state index in [0.717, 1.165) is 19.4 Å². The van der Waals surface area contributed by atoms with E-state index in [4.69, 9.17) is 4.74 Å². The standard InChI is InChI=1S/C12H14INO/c13-10-4-3-5-11(8-10)14-9-12-6-1-2-7-15-12/h2-5,7-8,12,14H,1,6,9H2. The van der Waals surface area contributed by atoms with Crippen LogP contribution in [0.1, 0.15) is 12.8 Å². The first-order valence-corrected chi connectivity index (χ1v) is 6.22. The van der Waals surface area contributed by atoms with Crippen LogP contribution in [0.15, 0.2) is 36.6 Å². The van der Waals surface area contributed by atoms with Crippen LogP contribution in [0.25, 0.3) is 0 Å². The third-order valence-electron chi connectivity index (χ3n) is 2.38. The fourth-order valence-electron chi connectivity index (χ4n) is 1.57. The van der Waals surface area contributed by atoms with Crippen molar-refractivity contribution in [1.29, 1.82) is 0 Å². The normalized spacial score (nSPS) is 19.7. The van der Waals surface area contributed by atoms with E-state index in [1.54, 1.807) is 0 Å². The van der Waals surface area contributed by atoms with Crippen molar-refractivity contribution < 1.29 is 4.74 Å². The van der Waals surface area contributed by atoms with Crippen LogP contribution in [-0.4, -0.2) is 12.6 Å². The van der Waals surface area contributed by atoms with Gasteiger partial charge in [0.1, 0.15) is 6.10 Å². The van der Waals surface area contributed by atoms with Crippen molar-refractivity contribution in [3.8, 4) is 0 Å². The first-order chi connectivity index (χ1) is 7.34. The lowest BCUT2D eigenvalue weighted by molar-refractivity contribution is 0.135. The van der Waals surface area contributed by atoms with Gasteiger partial charge in [0, 0.05) is 9.26 Å². The van der Waals surface area contributed by atoms with E-state index in [2.05, 4.69) is 58.2 Å². The average molecular weight is 315 g/mol. The number of ether oxygens (including phenoxy) is 1. The Balaban J connectivity index is 1.84. The maximum atomic E-state index is 5.48. The molecule has 80 valence electrons. The molecule has 15 heavy (non-hydrogen) atoms. The van der Waals surface area contributed by atoms with Crippen LogP contribution < -0.4 is 5.32 Å². The van der Waals surface area contributed by atoms with Gasteiger partial charge in [0.15, 0.2) is 0 Å². The maximum Gasteiger partial charge on any atom is 0.115 e. The van der Waals surface area contributed by atoms with E-state index in [0.29, 0.717) is 6.10 Å². The van der Waals surface area contributed by atoms with E-state index in [-0.39, 0.29) is 0 Å². The van der Waals surface area contributed by atoms with Gasteiger partial charge >= 0.3 is 0 Å². The number of benzene rings is 1. The Morgan fingerprint density at radius 2 is 2.40 bits per heavy atom. The van der Waals surface area contributed by atoms with E-state index in [1.807, 2.05) is 6.26 Å². The second-order valence-corrected chi connectivity index (χ2v) is 4.84. The smallest absolute Gasteiger partial charge is 0.115 e. The van der Waals surface area contributed by atoms with Crippen molar-refractivity contribution >= 4 is 28.3 Å². The molecule has 0 radical (unpaired) electrons. The van der Waals surface area contributed by atoms with Crippen molar-refractivity contribution in [3.63, 3.8) is 0 Å². The molecule has 1 atom stereocenters. The van der Waals surface area contributed by atoms with Gasteiger partial charge in [-0.1, -0.05) is 6.07 Å². The van der Waals surface area contributed by atoms with Gasteiger partial charge in [-0.05, 0) is 59.7 Å². The Morgan fingerprint density at radius 3 is 3.13 bits per heavy atom. The third-order valence-corrected chi connectivity index (χ3v) is 3.05. The molecule has 1 heterocycles. The third kappa shape index (κ3) is 3.41. The molecular formula is C12H14INO. The summed E-state index contributed by atoms with van der Waals surface area (Å²) in [5.41, 5.74) is 1.17. The molecule has 3 heteroatoms. The zero-order chi connectivity index (χ0) is 10.5. The predicted molar refractivity (Wildman–Crippen MR) is 70.9 cm³/mol. The Morgan fingerprint density at radius 1 is 1.47 bits per heavy atom. The minimum absolute atomic E-state index is 0.313. The molecule has 1 aliphatic rings. The highest BCUT2D eigenvalue weighted by atomic mass is 127. The van der Waals surface area contributed by atoms with E-state index < -0.39 is 0 Å². The number of nitrogens with one attached hydrogen (secondary N) is 1. The zero-order valence-corrected chi connectivity index (χ0v) is 10.6. The van der Waals surface area contributed by atoms with Crippen LogP contribution in [0.3, 0.4) is 0 Å². The lowest BCUT2D eigenvalue weighted by Crippen LogP contribution is -2.22. The number of allylic oxidation sites excluding steroid dienone is 1. The average Bonchev–Trinajstić information content (AvgIpc) is 2.28. The molecule has 0 saturated carbocycles. The molecule has 1 aromatic rings. The molecule has 0 spiro atoms. The Kier molecular flexibility index (Phi) is 3.88. The van der Waals surface area contributed by atoms with Gasteiger partial charge in [-0.25, -0.2) is 0 Å². The summed E-state index contributed by atoms with van der Waals surface area (Å²) >= 11 is 2.32. The molecule has 0 fully saturated rings. The van der Waals surface area contributed by atoms with Gasteiger partial charge < -0.3 is 10.1 Å². The fraction of sp³-hybridized carbons (Fsp3) is 0.333. The molecule has 0 amide bonds. The highest BCUT2D eigenvalue weighted by molar-refractivity contribution is 14.1. The molecule has 1 aliphatic heterocycles. The van der Waals surface area contributed by atoms with Crippen LogP contribution in [0.5, 0.6) is 0 Å². The van der Waals surface area contributed by atoms with Crippen molar-refractivity contribution in [1.82, 2.24) is 0 Å². The maximum absolute atomic E-state index is 5.48. The van der Waals surface area contributed by atoms with Crippen LogP contribution in [-0.2, 0) is 4.74 Å². The molecule has 0 aromatic heterocycles. The molecule has 0 aliphatic carbocycles. The summed E-state index contributed by atoms with van der Waals surface area (Å²) < 4.78 is 6.74. The first kappa shape index (κ1) is 10.8. The topological polar surface area (TPSA) is 21.3 Å². The Labute approximate surface area is 104 Å². The molecule has 1 aromatic carbocycles. The SMILES string of the molecule is Ic1cccc(NCC2CCC=CO2)c1. The van der Waals surface area contributed by atoms with Gasteiger partial charge in [0.2, 0.25) is 0 Å². The monoisotopic (exact) mass is 315 g/mol. The number of hydrogen-bond acceptors (Lipinski definition) is 2. The predicted octanol–water partition coefficient (Wildman–Crippen LogP) is 3.40. The summed E-state index contributed by atoms with van der Waals surface area (Å²) in [6, 6.07) is 8.37. The van der Waals surface area contributed by atoms with Gasteiger partial charge in [0.05, 0.1) is 12.8 Å². The number of anilines is 1. The van der Waals surface area contributed by atoms with E-state index in [9.17, 15) is 0 Å². The van der Waals surface area contributed by atoms with Crippen molar-refractivity contribution in [3.05, 3.63) is 40.2 Å². The van der Waals surface area contributed by atoms with Gasteiger partial charge in [0.25, 0.3) is 0 Å². The Hall–Kier alpha value is -0.710. The summed E-state index contributed by atoms with van der Waals surface area (Å²) in [6.45, 7) is 0.879. The van der Waals surface area contributed by atoms with Crippen molar-refractivity contribution in [2.75, 3.05) is 11.9 Å². The lowest BCUT2D eigenvalue weighted by Gasteiger charge is -2.20. The molecule has 1 unspecified atom stereocenters. The molecule has 1 N–H and O–H groups in total. The molecule has 2 nitrogen and oxygen atoms in total. The minimum atomic E-state index is 0.313. The zero-order valence-electron chi connectivity index (χ0n) is 8.45. The fourth-order valence-corrected chi connectivity index (χ4v) is 2.11. The number of halogens is 1. The number of hydrogen-bond donors (Lipinski definition) is 1. The quantitative estimate of drug-likeness (QED) is 0.863. The van der Waals surface area contributed by atoms with E-state index in [1.165, 1.54) is 9.26 Å². The van der Waals surface area contributed by atoms with Crippen molar-refractivity contribution in [2.45, 2.75) is 18.9 Å². The minimum Gasteiger partial charge on any atom is -0.497 e. The van der Waals surface area contributed by atoms with Crippen molar-refractivity contribution in [2.24, 2.45) is 0 Å². The summed E-state index contributed by atoms with van der Waals surface area (Å²) in [6.07, 6.45) is 6.42. The van der Waals surface area contributed by atoms with Crippen LogP contribution in [0.4, 0.5) is 5.69 Å². The van der Waals surface area contributed by atoms with Crippen LogP contribution in [0, 0.1) is 3.57 Å². The molecule has 2 rings (SSSR count).